The second kappa shape index (κ2) is 9.33. The van der Waals surface area contributed by atoms with Crippen LogP contribution in [0.3, 0.4) is 0 Å². The van der Waals surface area contributed by atoms with E-state index >= 15 is 0 Å². The summed E-state index contributed by atoms with van der Waals surface area (Å²) in [6.07, 6.45) is 1.40. The molecular formula is C21H20ClN3O6S. The molecule has 168 valence electrons. The van der Waals surface area contributed by atoms with Gasteiger partial charge in [-0.25, -0.2) is 13.4 Å². The van der Waals surface area contributed by atoms with Gasteiger partial charge in [-0.05, 0) is 42.8 Å². The zero-order chi connectivity index (χ0) is 23.5. The van der Waals surface area contributed by atoms with E-state index in [1.165, 1.54) is 62.9 Å². The number of carbonyl (C=O) groups is 1. The summed E-state index contributed by atoms with van der Waals surface area (Å²) >= 11 is 6.13. The lowest BCUT2D eigenvalue weighted by Crippen LogP contribution is -2.18. The molecule has 0 aliphatic heterocycles. The number of nitrogens with zero attached hydrogens (tertiary/aromatic N) is 1. The molecule has 2 aromatic carbocycles. The number of pyridine rings is 1. The predicted octanol–water partition coefficient (Wildman–Crippen LogP) is 3.82. The van der Waals surface area contributed by atoms with E-state index in [2.05, 4.69) is 15.0 Å². The van der Waals surface area contributed by atoms with Gasteiger partial charge in [0.2, 0.25) is 0 Å². The average Bonchev–Trinajstić information content (AvgIpc) is 2.75. The summed E-state index contributed by atoms with van der Waals surface area (Å²) in [6.45, 7) is 1.60. The fourth-order valence-electron chi connectivity index (χ4n) is 2.84. The first-order valence-corrected chi connectivity index (χ1v) is 11.0. The average molecular weight is 478 g/mol. The van der Waals surface area contributed by atoms with E-state index in [9.17, 15) is 18.3 Å². The smallest absolute Gasteiger partial charge is 0.262 e. The Bertz CT molecular complexity index is 1280. The van der Waals surface area contributed by atoms with Crippen molar-refractivity contribution < 1.29 is 27.8 Å². The van der Waals surface area contributed by atoms with E-state index in [1.807, 2.05) is 0 Å². The lowest BCUT2D eigenvalue weighted by atomic mass is 10.1. The molecule has 0 unspecified atom stereocenters. The molecule has 0 bridgehead atoms. The van der Waals surface area contributed by atoms with Crippen LogP contribution in [0, 0.1) is 6.92 Å². The molecule has 0 aliphatic rings. The Morgan fingerprint density at radius 3 is 2.47 bits per heavy atom. The highest BCUT2D eigenvalue weighted by Gasteiger charge is 2.22. The van der Waals surface area contributed by atoms with Crippen molar-refractivity contribution in [2.24, 2.45) is 0 Å². The van der Waals surface area contributed by atoms with Crippen LogP contribution >= 0.6 is 11.6 Å². The molecule has 1 aromatic heterocycles. The minimum atomic E-state index is -4.12. The van der Waals surface area contributed by atoms with Crippen LogP contribution in [0.4, 0.5) is 11.5 Å². The van der Waals surface area contributed by atoms with Gasteiger partial charge in [0, 0.05) is 17.8 Å². The molecule has 0 aliphatic carbocycles. The second-order valence-electron chi connectivity index (χ2n) is 6.60. The number of amides is 1. The summed E-state index contributed by atoms with van der Waals surface area (Å²) in [7, 11) is -1.32. The molecule has 0 atom stereocenters. The highest BCUT2D eigenvalue weighted by molar-refractivity contribution is 7.92. The van der Waals surface area contributed by atoms with Gasteiger partial charge in [-0.1, -0.05) is 17.7 Å². The minimum Gasteiger partial charge on any atom is -0.504 e. The first-order valence-electron chi connectivity index (χ1n) is 9.16. The van der Waals surface area contributed by atoms with E-state index in [0.29, 0.717) is 11.3 Å². The normalized spacial score (nSPS) is 11.0. The Morgan fingerprint density at radius 1 is 1.09 bits per heavy atom. The molecule has 9 nitrogen and oxygen atoms in total. The van der Waals surface area contributed by atoms with Gasteiger partial charge < -0.3 is 19.9 Å². The first kappa shape index (κ1) is 23.2. The number of carbonyl (C=O) groups excluding carboxylic acids is 1. The maximum atomic E-state index is 13.1. The number of ether oxygens (including phenoxy) is 2. The molecule has 0 saturated heterocycles. The van der Waals surface area contributed by atoms with Crippen molar-refractivity contribution in [2.75, 3.05) is 24.3 Å². The fourth-order valence-corrected chi connectivity index (χ4v) is 4.42. The molecule has 1 amide bonds. The number of aryl methyl sites for hydroxylation is 1. The zero-order valence-corrected chi connectivity index (χ0v) is 18.9. The van der Waals surface area contributed by atoms with Crippen LogP contribution in [-0.4, -0.2) is 38.6 Å². The number of hydrogen-bond acceptors (Lipinski definition) is 7. The fraction of sp³-hybridized carbons (Fsp3) is 0.143. The number of methoxy groups -OCH3 is 2. The van der Waals surface area contributed by atoms with Crippen molar-refractivity contribution in [1.29, 1.82) is 0 Å². The maximum absolute atomic E-state index is 13.1. The van der Waals surface area contributed by atoms with Crippen molar-refractivity contribution in [1.82, 2.24) is 4.98 Å². The molecule has 0 radical (unpaired) electrons. The maximum Gasteiger partial charge on any atom is 0.262 e. The Labute approximate surface area is 190 Å². The van der Waals surface area contributed by atoms with E-state index < -0.39 is 15.9 Å². The van der Waals surface area contributed by atoms with Crippen LogP contribution in [-0.2, 0) is 10.0 Å². The van der Waals surface area contributed by atoms with Gasteiger partial charge in [-0.15, -0.1) is 0 Å². The van der Waals surface area contributed by atoms with E-state index in [-0.39, 0.29) is 38.5 Å². The van der Waals surface area contributed by atoms with E-state index in [1.54, 1.807) is 6.92 Å². The monoisotopic (exact) mass is 477 g/mol. The van der Waals surface area contributed by atoms with E-state index in [0.717, 1.165) is 0 Å². The lowest BCUT2D eigenvalue weighted by molar-refractivity contribution is 0.102. The Balaban J connectivity index is 1.94. The van der Waals surface area contributed by atoms with Gasteiger partial charge in [0.1, 0.15) is 11.5 Å². The number of sulfonamides is 1. The van der Waals surface area contributed by atoms with Crippen molar-refractivity contribution in [3.63, 3.8) is 0 Å². The number of halogens is 1. The molecule has 0 saturated carbocycles. The van der Waals surface area contributed by atoms with Crippen LogP contribution in [0.2, 0.25) is 5.02 Å². The van der Waals surface area contributed by atoms with Crippen LogP contribution in [0.25, 0.3) is 0 Å². The summed E-state index contributed by atoms with van der Waals surface area (Å²) in [5.74, 6) is -0.379. The van der Waals surface area contributed by atoms with Crippen molar-refractivity contribution in [3.05, 3.63) is 64.8 Å². The molecule has 0 spiro atoms. The number of aromatic nitrogens is 1. The zero-order valence-electron chi connectivity index (χ0n) is 17.3. The SMILES string of the molecule is COc1cc(OC)c(NS(=O)(=O)c2cc(C(=O)Nc3ncccc3O)ccc2C)cc1Cl. The predicted molar refractivity (Wildman–Crippen MR) is 120 cm³/mol. The number of anilines is 2. The Morgan fingerprint density at radius 2 is 1.81 bits per heavy atom. The minimum absolute atomic E-state index is 0.0433. The third kappa shape index (κ3) is 4.87. The van der Waals surface area contributed by atoms with Gasteiger partial charge in [0.25, 0.3) is 15.9 Å². The quantitative estimate of drug-likeness (QED) is 0.472. The van der Waals surface area contributed by atoms with E-state index in [4.69, 9.17) is 21.1 Å². The Kier molecular flexibility index (Phi) is 6.75. The number of rotatable bonds is 7. The standard InChI is InChI=1S/C21H20ClN3O6S/c1-12-6-7-13(21(27)24-20-16(26)5-4-8-23-20)9-19(12)32(28,29)25-15-10-14(22)17(30-2)11-18(15)31-3/h4-11,25-26H,1-3H3,(H,23,24,27). The third-order valence-electron chi connectivity index (χ3n) is 4.48. The first-order chi connectivity index (χ1) is 15.2. The van der Waals surface area contributed by atoms with Crippen LogP contribution in [0.1, 0.15) is 15.9 Å². The summed E-state index contributed by atoms with van der Waals surface area (Å²) in [5, 5.41) is 12.4. The second-order valence-corrected chi connectivity index (χ2v) is 8.66. The Hall–Kier alpha value is -3.50. The van der Waals surface area contributed by atoms with Crippen molar-refractivity contribution in [3.8, 4) is 17.2 Å². The molecule has 11 heteroatoms. The summed E-state index contributed by atoms with van der Waals surface area (Å²) in [4.78, 5) is 16.4. The number of aromatic hydroxyl groups is 1. The number of nitrogens with one attached hydrogen (secondary N) is 2. The summed E-state index contributed by atoms with van der Waals surface area (Å²) < 4.78 is 39.0. The highest BCUT2D eigenvalue weighted by Crippen LogP contribution is 2.37. The summed E-state index contributed by atoms with van der Waals surface area (Å²) in [6, 6.07) is 9.89. The van der Waals surface area contributed by atoms with Crippen molar-refractivity contribution in [2.45, 2.75) is 11.8 Å². The van der Waals surface area contributed by atoms with Crippen molar-refractivity contribution >= 4 is 39.0 Å². The third-order valence-corrected chi connectivity index (χ3v) is 6.28. The molecule has 3 rings (SSSR count). The van der Waals surface area contributed by atoms with Crippen LogP contribution in [0.15, 0.2) is 53.6 Å². The van der Waals surface area contributed by atoms with Gasteiger partial charge in [0.15, 0.2) is 11.6 Å². The number of hydrogen-bond donors (Lipinski definition) is 3. The highest BCUT2D eigenvalue weighted by atomic mass is 35.5. The van der Waals surface area contributed by atoms with Crippen LogP contribution < -0.4 is 19.5 Å². The largest absolute Gasteiger partial charge is 0.504 e. The molecular weight excluding hydrogens is 458 g/mol. The van der Waals surface area contributed by atoms with Crippen LogP contribution in [0.5, 0.6) is 17.2 Å². The molecule has 0 fully saturated rings. The van der Waals surface area contributed by atoms with Gasteiger partial charge >= 0.3 is 0 Å². The lowest BCUT2D eigenvalue weighted by Gasteiger charge is -2.16. The topological polar surface area (TPSA) is 127 Å². The molecule has 32 heavy (non-hydrogen) atoms. The molecule has 3 aromatic rings. The number of benzene rings is 2. The van der Waals surface area contributed by atoms with Gasteiger partial charge in [0.05, 0.1) is 29.8 Å². The summed E-state index contributed by atoms with van der Waals surface area (Å²) in [5.41, 5.74) is 0.569. The van der Waals surface area contributed by atoms with Gasteiger partial charge in [-0.2, -0.15) is 0 Å². The van der Waals surface area contributed by atoms with Gasteiger partial charge in [-0.3, -0.25) is 9.52 Å². The molecule has 3 N–H and O–H groups in total. The molecule has 1 heterocycles.